The minimum absolute atomic E-state index is 0.208. The van der Waals surface area contributed by atoms with E-state index >= 15 is 0 Å². The van der Waals surface area contributed by atoms with Crippen LogP contribution >= 0.6 is 0 Å². The van der Waals surface area contributed by atoms with Crippen molar-refractivity contribution in [2.24, 2.45) is 5.92 Å². The zero-order valence-electron chi connectivity index (χ0n) is 10.8. The second-order valence-corrected chi connectivity index (χ2v) is 4.74. The topological polar surface area (TPSA) is 41.6 Å². The smallest absolute Gasteiger partial charge is 0.409 e. The molecule has 0 aromatic heterocycles. The van der Waals surface area contributed by atoms with Crippen molar-refractivity contribution in [3.63, 3.8) is 0 Å². The molecule has 1 N–H and O–H groups in total. The van der Waals surface area contributed by atoms with Crippen LogP contribution in [0.2, 0.25) is 0 Å². The largest absolute Gasteiger partial charge is 0.453 e. The van der Waals surface area contributed by atoms with E-state index in [0.29, 0.717) is 18.0 Å². The van der Waals surface area contributed by atoms with Crippen molar-refractivity contribution < 1.29 is 9.53 Å². The van der Waals surface area contributed by atoms with Crippen LogP contribution < -0.4 is 5.32 Å². The van der Waals surface area contributed by atoms with Gasteiger partial charge in [0.15, 0.2) is 0 Å². The predicted octanol–water partition coefficient (Wildman–Crippen LogP) is 1.85. The van der Waals surface area contributed by atoms with E-state index in [1.165, 1.54) is 13.5 Å². The minimum atomic E-state index is -0.208. The van der Waals surface area contributed by atoms with Crippen molar-refractivity contribution in [3.05, 3.63) is 0 Å². The molecule has 3 atom stereocenters. The van der Waals surface area contributed by atoms with E-state index in [1.807, 2.05) is 0 Å². The Morgan fingerprint density at radius 2 is 2.25 bits per heavy atom. The lowest BCUT2D eigenvalue weighted by Gasteiger charge is -2.24. The monoisotopic (exact) mass is 228 g/mol. The maximum Gasteiger partial charge on any atom is 0.409 e. The van der Waals surface area contributed by atoms with Crippen LogP contribution in [0.15, 0.2) is 0 Å². The molecular weight excluding hydrogens is 204 g/mol. The predicted molar refractivity (Wildman–Crippen MR) is 64.4 cm³/mol. The van der Waals surface area contributed by atoms with E-state index in [9.17, 15) is 4.79 Å². The van der Waals surface area contributed by atoms with Crippen LogP contribution in [-0.4, -0.2) is 43.3 Å². The molecule has 3 unspecified atom stereocenters. The lowest BCUT2D eigenvalue weighted by atomic mass is 10.00. The first-order valence-corrected chi connectivity index (χ1v) is 6.17. The Morgan fingerprint density at radius 1 is 1.56 bits per heavy atom. The molecule has 1 rings (SSSR count). The summed E-state index contributed by atoms with van der Waals surface area (Å²) >= 11 is 0. The summed E-state index contributed by atoms with van der Waals surface area (Å²) in [7, 11) is 1.44. The maximum atomic E-state index is 11.3. The molecule has 1 heterocycles. The molecule has 94 valence electrons. The zero-order chi connectivity index (χ0) is 12.1. The lowest BCUT2D eigenvalue weighted by molar-refractivity contribution is 0.132. The number of rotatable bonds is 4. The third-order valence-corrected chi connectivity index (χ3v) is 3.62. The molecule has 0 aromatic rings. The summed E-state index contributed by atoms with van der Waals surface area (Å²) in [4.78, 5) is 13.1. The first kappa shape index (κ1) is 13.3. The number of nitrogens with one attached hydrogen (secondary N) is 1. The van der Waals surface area contributed by atoms with Crippen molar-refractivity contribution in [1.29, 1.82) is 0 Å². The van der Waals surface area contributed by atoms with Crippen LogP contribution in [-0.2, 0) is 4.74 Å². The average molecular weight is 228 g/mol. The highest BCUT2D eigenvalue weighted by Crippen LogP contribution is 2.14. The van der Waals surface area contributed by atoms with Gasteiger partial charge in [0, 0.05) is 25.2 Å². The number of carbonyl (C=O) groups excluding carboxylic acids is 1. The Morgan fingerprint density at radius 3 is 2.81 bits per heavy atom. The molecule has 1 aliphatic heterocycles. The zero-order valence-corrected chi connectivity index (χ0v) is 10.8. The first-order valence-electron chi connectivity index (χ1n) is 6.17. The second-order valence-electron chi connectivity index (χ2n) is 4.74. The number of hydrogen-bond donors (Lipinski definition) is 1. The van der Waals surface area contributed by atoms with Crippen LogP contribution in [0.25, 0.3) is 0 Å². The summed E-state index contributed by atoms with van der Waals surface area (Å²) < 4.78 is 4.72. The fourth-order valence-electron chi connectivity index (χ4n) is 2.08. The number of carbonyl (C=O) groups is 1. The van der Waals surface area contributed by atoms with Gasteiger partial charge in [-0.25, -0.2) is 4.79 Å². The van der Waals surface area contributed by atoms with Gasteiger partial charge in [-0.1, -0.05) is 20.3 Å². The van der Waals surface area contributed by atoms with Crippen molar-refractivity contribution in [2.75, 3.05) is 20.2 Å². The van der Waals surface area contributed by atoms with E-state index in [1.54, 1.807) is 4.90 Å². The van der Waals surface area contributed by atoms with Gasteiger partial charge in [0.25, 0.3) is 0 Å². The summed E-state index contributed by atoms with van der Waals surface area (Å²) in [6, 6.07) is 0.927. The SMILES string of the molecule is CCC(C)C(C)NC1CCN(C(=O)OC)C1. The van der Waals surface area contributed by atoms with Gasteiger partial charge in [-0.3, -0.25) is 0 Å². The summed E-state index contributed by atoms with van der Waals surface area (Å²) in [6.45, 7) is 8.25. The van der Waals surface area contributed by atoms with E-state index in [-0.39, 0.29) is 6.09 Å². The average Bonchev–Trinajstić information content (AvgIpc) is 2.75. The molecule has 16 heavy (non-hydrogen) atoms. The van der Waals surface area contributed by atoms with Gasteiger partial charge in [0.2, 0.25) is 0 Å². The van der Waals surface area contributed by atoms with Gasteiger partial charge in [-0.05, 0) is 19.3 Å². The summed E-state index contributed by atoms with van der Waals surface area (Å²) in [5.74, 6) is 0.673. The standard InChI is InChI=1S/C12H24N2O2/c1-5-9(2)10(3)13-11-6-7-14(8-11)12(15)16-4/h9-11,13H,5-8H2,1-4H3. The van der Waals surface area contributed by atoms with Crippen LogP contribution in [0.5, 0.6) is 0 Å². The lowest BCUT2D eigenvalue weighted by Crippen LogP contribution is -2.42. The Hall–Kier alpha value is -0.770. The van der Waals surface area contributed by atoms with E-state index in [4.69, 9.17) is 4.74 Å². The Bertz CT molecular complexity index is 233. The molecule has 1 saturated heterocycles. The Labute approximate surface area is 98.3 Å². The summed E-state index contributed by atoms with van der Waals surface area (Å²) in [5.41, 5.74) is 0. The van der Waals surface area contributed by atoms with Gasteiger partial charge < -0.3 is 15.0 Å². The first-order chi connectivity index (χ1) is 7.58. The molecule has 1 amide bonds. The summed E-state index contributed by atoms with van der Waals surface area (Å²) in [6.07, 6.45) is 2.00. The van der Waals surface area contributed by atoms with Crippen molar-refractivity contribution in [2.45, 2.75) is 45.7 Å². The minimum Gasteiger partial charge on any atom is -0.453 e. The van der Waals surface area contributed by atoms with Gasteiger partial charge in [-0.15, -0.1) is 0 Å². The van der Waals surface area contributed by atoms with Crippen LogP contribution in [0.1, 0.15) is 33.6 Å². The molecule has 4 heteroatoms. The van der Waals surface area contributed by atoms with Gasteiger partial charge in [0.1, 0.15) is 0 Å². The molecule has 0 spiro atoms. The van der Waals surface area contributed by atoms with Crippen LogP contribution in [0, 0.1) is 5.92 Å². The number of amides is 1. The molecule has 0 saturated carbocycles. The van der Waals surface area contributed by atoms with Crippen molar-refractivity contribution >= 4 is 6.09 Å². The molecule has 0 aliphatic carbocycles. The van der Waals surface area contributed by atoms with Gasteiger partial charge in [-0.2, -0.15) is 0 Å². The van der Waals surface area contributed by atoms with E-state index in [0.717, 1.165) is 19.5 Å². The van der Waals surface area contributed by atoms with E-state index < -0.39 is 0 Å². The fourth-order valence-corrected chi connectivity index (χ4v) is 2.08. The quantitative estimate of drug-likeness (QED) is 0.798. The second kappa shape index (κ2) is 6.09. The number of ether oxygens (including phenoxy) is 1. The Balaban J connectivity index is 2.33. The number of likely N-dealkylation sites (tertiary alicyclic amines) is 1. The third-order valence-electron chi connectivity index (χ3n) is 3.62. The highest BCUT2D eigenvalue weighted by Gasteiger charge is 2.28. The molecule has 1 fully saturated rings. The molecule has 0 radical (unpaired) electrons. The van der Waals surface area contributed by atoms with Gasteiger partial charge in [0.05, 0.1) is 7.11 Å². The highest BCUT2D eigenvalue weighted by atomic mass is 16.5. The Kier molecular flexibility index (Phi) is 5.06. The number of hydrogen-bond acceptors (Lipinski definition) is 3. The number of methoxy groups -OCH3 is 1. The normalized spacial score (nSPS) is 24.2. The van der Waals surface area contributed by atoms with Crippen molar-refractivity contribution in [1.82, 2.24) is 10.2 Å². The molecule has 1 aliphatic rings. The van der Waals surface area contributed by atoms with E-state index in [2.05, 4.69) is 26.1 Å². The summed E-state index contributed by atoms with van der Waals surface area (Å²) in [5, 5.41) is 3.59. The molecular formula is C12H24N2O2. The van der Waals surface area contributed by atoms with Crippen LogP contribution in [0.3, 0.4) is 0 Å². The molecule has 0 bridgehead atoms. The maximum absolute atomic E-state index is 11.3. The van der Waals surface area contributed by atoms with Gasteiger partial charge >= 0.3 is 6.09 Å². The molecule has 0 aromatic carbocycles. The highest BCUT2D eigenvalue weighted by molar-refractivity contribution is 5.67. The fraction of sp³-hybridized carbons (Fsp3) is 0.917. The third kappa shape index (κ3) is 3.37. The number of nitrogens with zero attached hydrogens (tertiary/aromatic N) is 1. The molecule has 4 nitrogen and oxygen atoms in total. The van der Waals surface area contributed by atoms with Crippen molar-refractivity contribution in [3.8, 4) is 0 Å². The van der Waals surface area contributed by atoms with Crippen LogP contribution in [0.4, 0.5) is 4.79 Å².